The van der Waals surface area contributed by atoms with Crippen LogP contribution >= 0.6 is 0 Å². The van der Waals surface area contributed by atoms with Crippen molar-refractivity contribution < 1.29 is 4.79 Å². The molecule has 3 nitrogen and oxygen atoms in total. The van der Waals surface area contributed by atoms with Gasteiger partial charge in [0.25, 0.3) is 0 Å². The van der Waals surface area contributed by atoms with Gasteiger partial charge < -0.3 is 10.6 Å². The molecule has 3 heteroatoms. The van der Waals surface area contributed by atoms with Crippen LogP contribution in [0.1, 0.15) is 22.3 Å². The predicted octanol–water partition coefficient (Wildman–Crippen LogP) is 4.32. The molecule has 1 heterocycles. The van der Waals surface area contributed by atoms with E-state index in [9.17, 15) is 4.79 Å². The fraction of sp³-hybridized carbons (Fsp3) is 0.136. The monoisotopic (exact) mass is 328 g/mol. The van der Waals surface area contributed by atoms with E-state index < -0.39 is 5.41 Å². The van der Waals surface area contributed by atoms with Crippen molar-refractivity contribution >= 4 is 17.3 Å². The van der Waals surface area contributed by atoms with Crippen LogP contribution in [0.4, 0.5) is 11.4 Å². The second-order valence-corrected chi connectivity index (χ2v) is 6.40. The summed E-state index contributed by atoms with van der Waals surface area (Å²) >= 11 is 0. The van der Waals surface area contributed by atoms with E-state index in [1.807, 2.05) is 73.8 Å². The van der Waals surface area contributed by atoms with Gasteiger partial charge in [-0.2, -0.15) is 0 Å². The van der Waals surface area contributed by atoms with Gasteiger partial charge in [-0.1, -0.05) is 60.7 Å². The molecule has 0 aliphatic carbocycles. The van der Waals surface area contributed by atoms with Crippen molar-refractivity contribution in [2.24, 2.45) is 0 Å². The highest BCUT2D eigenvalue weighted by Gasteiger charge is 2.49. The van der Waals surface area contributed by atoms with E-state index in [1.54, 1.807) is 0 Å². The Kier molecular flexibility index (Phi) is 3.57. The lowest BCUT2D eigenvalue weighted by Crippen LogP contribution is -2.37. The van der Waals surface area contributed by atoms with Gasteiger partial charge in [-0.05, 0) is 35.7 Å². The van der Waals surface area contributed by atoms with Crippen molar-refractivity contribution in [2.75, 3.05) is 17.7 Å². The summed E-state index contributed by atoms with van der Waals surface area (Å²) in [6.07, 6.45) is 0. The van der Waals surface area contributed by atoms with Gasteiger partial charge in [-0.25, -0.2) is 0 Å². The van der Waals surface area contributed by atoms with Crippen LogP contribution in [0.5, 0.6) is 0 Å². The average Bonchev–Trinajstić information content (AvgIpc) is 2.95. The SMILES string of the molecule is CNc1ccc(C2(c3ccccc3)C(=O)Nc3ccccc32)cc1C. The molecule has 4 rings (SSSR count). The zero-order valence-electron chi connectivity index (χ0n) is 14.3. The third kappa shape index (κ3) is 2.16. The van der Waals surface area contributed by atoms with Gasteiger partial charge in [0.1, 0.15) is 5.41 Å². The molecule has 3 aromatic rings. The highest BCUT2D eigenvalue weighted by Crippen LogP contribution is 2.47. The van der Waals surface area contributed by atoms with Gasteiger partial charge in [-0.3, -0.25) is 4.79 Å². The highest BCUT2D eigenvalue weighted by molar-refractivity contribution is 6.11. The van der Waals surface area contributed by atoms with Crippen LogP contribution < -0.4 is 10.6 Å². The number of para-hydroxylation sites is 1. The minimum atomic E-state index is -0.825. The van der Waals surface area contributed by atoms with Crippen LogP contribution in [0.25, 0.3) is 0 Å². The summed E-state index contributed by atoms with van der Waals surface area (Å²) in [5.74, 6) is -0.00323. The maximum Gasteiger partial charge on any atom is 0.244 e. The van der Waals surface area contributed by atoms with Gasteiger partial charge in [0.15, 0.2) is 0 Å². The van der Waals surface area contributed by atoms with E-state index in [0.29, 0.717) is 0 Å². The number of anilines is 2. The molecule has 0 fully saturated rings. The Balaban J connectivity index is 2.05. The summed E-state index contributed by atoms with van der Waals surface area (Å²) in [7, 11) is 1.91. The summed E-state index contributed by atoms with van der Waals surface area (Å²) in [5.41, 5.74) is 5.21. The predicted molar refractivity (Wildman–Crippen MR) is 102 cm³/mol. The minimum Gasteiger partial charge on any atom is -0.388 e. The Morgan fingerprint density at radius 2 is 1.60 bits per heavy atom. The molecule has 0 radical (unpaired) electrons. The fourth-order valence-corrected chi connectivity index (χ4v) is 3.86. The van der Waals surface area contributed by atoms with Gasteiger partial charge in [0.2, 0.25) is 5.91 Å². The summed E-state index contributed by atoms with van der Waals surface area (Å²) < 4.78 is 0. The first-order valence-electron chi connectivity index (χ1n) is 8.43. The average molecular weight is 328 g/mol. The first kappa shape index (κ1) is 15.5. The topological polar surface area (TPSA) is 41.1 Å². The summed E-state index contributed by atoms with van der Waals surface area (Å²) in [6.45, 7) is 2.06. The second-order valence-electron chi connectivity index (χ2n) is 6.40. The van der Waals surface area contributed by atoms with Crippen LogP contribution in [0.15, 0.2) is 72.8 Å². The molecule has 1 aliphatic rings. The number of nitrogens with one attached hydrogen (secondary N) is 2. The van der Waals surface area contributed by atoms with Crippen LogP contribution in [0.3, 0.4) is 0 Å². The standard InChI is InChI=1S/C22H20N2O/c1-15-14-17(12-13-19(15)23-2)22(16-8-4-3-5-9-16)18-10-6-7-11-20(18)24-21(22)25/h3-14,23H,1-2H3,(H,24,25). The Hall–Kier alpha value is -3.07. The van der Waals surface area contributed by atoms with E-state index in [-0.39, 0.29) is 5.91 Å². The first-order chi connectivity index (χ1) is 12.2. The maximum absolute atomic E-state index is 13.3. The second kappa shape index (κ2) is 5.78. The number of benzene rings is 3. The van der Waals surface area contributed by atoms with Crippen molar-refractivity contribution in [2.45, 2.75) is 12.3 Å². The molecule has 0 bridgehead atoms. The van der Waals surface area contributed by atoms with Crippen LogP contribution in [0, 0.1) is 6.92 Å². The normalized spacial score (nSPS) is 18.6. The largest absolute Gasteiger partial charge is 0.388 e. The van der Waals surface area contributed by atoms with E-state index in [2.05, 4.69) is 23.6 Å². The lowest BCUT2D eigenvalue weighted by atomic mass is 9.70. The number of fused-ring (bicyclic) bond motifs is 1. The van der Waals surface area contributed by atoms with Gasteiger partial charge in [0.05, 0.1) is 0 Å². The molecule has 124 valence electrons. The molecule has 1 amide bonds. The van der Waals surface area contributed by atoms with Crippen LogP contribution in [-0.4, -0.2) is 13.0 Å². The molecule has 0 aromatic heterocycles. The maximum atomic E-state index is 13.3. The first-order valence-corrected chi connectivity index (χ1v) is 8.43. The molecule has 0 saturated carbocycles. The molecule has 1 aliphatic heterocycles. The molecule has 0 saturated heterocycles. The zero-order valence-corrected chi connectivity index (χ0v) is 14.3. The smallest absolute Gasteiger partial charge is 0.244 e. The molecular formula is C22H20N2O. The van der Waals surface area contributed by atoms with E-state index in [1.165, 1.54) is 0 Å². The molecular weight excluding hydrogens is 308 g/mol. The number of amides is 1. The van der Waals surface area contributed by atoms with Crippen molar-refractivity contribution in [3.63, 3.8) is 0 Å². The lowest BCUT2D eigenvalue weighted by molar-refractivity contribution is -0.118. The number of carbonyl (C=O) groups excluding carboxylic acids is 1. The molecule has 3 aromatic carbocycles. The van der Waals surface area contributed by atoms with E-state index in [0.717, 1.165) is 33.6 Å². The Morgan fingerprint density at radius 1 is 0.880 bits per heavy atom. The van der Waals surface area contributed by atoms with E-state index >= 15 is 0 Å². The summed E-state index contributed by atoms with van der Waals surface area (Å²) in [5, 5.41) is 6.27. The van der Waals surface area contributed by atoms with Gasteiger partial charge in [-0.15, -0.1) is 0 Å². The van der Waals surface area contributed by atoms with E-state index in [4.69, 9.17) is 0 Å². The highest BCUT2D eigenvalue weighted by atomic mass is 16.2. The summed E-state index contributed by atoms with van der Waals surface area (Å²) in [6, 6.07) is 24.2. The number of hydrogen-bond acceptors (Lipinski definition) is 2. The lowest BCUT2D eigenvalue weighted by Gasteiger charge is -2.29. The van der Waals surface area contributed by atoms with Crippen LogP contribution in [0.2, 0.25) is 0 Å². The Bertz CT molecular complexity index is 949. The van der Waals surface area contributed by atoms with Crippen molar-refractivity contribution in [1.82, 2.24) is 0 Å². The molecule has 25 heavy (non-hydrogen) atoms. The molecule has 0 spiro atoms. The minimum absolute atomic E-state index is 0.00323. The number of carbonyl (C=O) groups is 1. The van der Waals surface area contributed by atoms with Crippen molar-refractivity contribution in [3.8, 4) is 0 Å². The van der Waals surface area contributed by atoms with Gasteiger partial charge in [0, 0.05) is 24.0 Å². The van der Waals surface area contributed by atoms with Gasteiger partial charge >= 0.3 is 0 Å². The molecule has 2 N–H and O–H groups in total. The molecule has 1 atom stereocenters. The Labute approximate surface area is 147 Å². The number of hydrogen-bond donors (Lipinski definition) is 2. The molecule has 1 unspecified atom stereocenters. The quantitative estimate of drug-likeness (QED) is 0.751. The third-order valence-corrected chi connectivity index (χ3v) is 5.06. The summed E-state index contributed by atoms with van der Waals surface area (Å²) in [4.78, 5) is 13.3. The van der Waals surface area contributed by atoms with Crippen LogP contribution in [-0.2, 0) is 10.2 Å². The zero-order chi connectivity index (χ0) is 17.4. The third-order valence-electron chi connectivity index (χ3n) is 5.06. The number of aryl methyl sites for hydroxylation is 1. The fourth-order valence-electron chi connectivity index (χ4n) is 3.86. The van der Waals surface area contributed by atoms with Crippen molar-refractivity contribution in [1.29, 1.82) is 0 Å². The van der Waals surface area contributed by atoms with Crippen molar-refractivity contribution in [3.05, 3.63) is 95.1 Å². The number of rotatable bonds is 3. The Morgan fingerprint density at radius 3 is 2.32 bits per heavy atom.